The molecule has 0 fully saturated rings. The van der Waals surface area contributed by atoms with Crippen molar-refractivity contribution in [3.8, 4) is 5.75 Å². The van der Waals surface area contributed by atoms with E-state index in [9.17, 15) is 0 Å². The Balaban J connectivity index is 2.64. The van der Waals surface area contributed by atoms with Crippen molar-refractivity contribution in [1.82, 2.24) is 10.3 Å². The van der Waals surface area contributed by atoms with Crippen LogP contribution in [0.1, 0.15) is 39.4 Å². The molecule has 1 N–H and O–H groups in total. The molecule has 0 spiro atoms. The fourth-order valence-electron chi connectivity index (χ4n) is 1.22. The van der Waals surface area contributed by atoms with Crippen LogP contribution < -0.4 is 10.1 Å². The van der Waals surface area contributed by atoms with Gasteiger partial charge in [0, 0.05) is 6.04 Å². The van der Waals surface area contributed by atoms with Gasteiger partial charge in [-0.2, -0.15) is 0 Å². The summed E-state index contributed by atoms with van der Waals surface area (Å²) >= 11 is 0. The Morgan fingerprint density at radius 2 is 1.88 bits per heavy atom. The number of nitrogens with zero attached hydrogens (tertiary/aromatic N) is 1. The van der Waals surface area contributed by atoms with Crippen molar-refractivity contribution in [3.63, 3.8) is 0 Å². The fourth-order valence-corrected chi connectivity index (χ4v) is 1.22. The summed E-state index contributed by atoms with van der Waals surface area (Å²) in [7, 11) is 1.93. The van der Waals surface area contributed by atoms with E-state index in [1.807, 2.05) is 19.2 Å². The number of nitrogens with one attached hydrogen (secondary N) is 1. The third-order valence-corrected chi connectivity index (χ3v) is 2.90. The summed E-state index contributed by atoms with van der Waals surface area (Å²) < 4.78 is 5.76. The van der Waals surface area contributed by atoms with Crippen LogP contribution in [-0.2, 0) is 0 Å². The maximum atomic E-state index is 5.76. The Morgan fingerprint density at radius 3 is 2.31 bits per heavy atom. The van der Waals surface area contributed by atoms with Crippen LogP contribution in [0, 0.1) is 5.92 Å². The number of aromatic nitrogens is 1. The molecule has 1 rings (SSSR count). The second-order valence-corrected chi connectivity index (χ2v) is 4.50. The average molecular weight is 222 g/mol. The van der Waals surface area contributed by atoms with Crippen molar-refractivity contribution in [2.45, 2.75) is 39.8 Å². The van der Waals surface area contributed by atoms with Crippen molar-refractivity contribution in [2.24, 2.45) is 5.92 Å². The zero-order valence-corrected chi connectivity index (χ0v) is 10.8. The lowest BCUT2D eigenvalue weighted by Crippen LogP contribution is -2.19. The molecule has 0 radical (unpaired) electrons. The molecular weight excluding hydrogens is 200 g/mol. The van der Waals surface area contributed by atoms with E-state index in [4.69, 9.17) is 4.74 Å². The van der Waals surface area contributed by atoms with Gasteiger partial charge in [-0.1, -0.05) is 13.8 Å². The quantitative estimate of drug-likeness (QED) is 0.831. The van der Waals surface area contributed by atoms with Crippen LogP contribution in [0.4, 0.5) is 0 Å². The molecule has 2 unspecified atom stereocenters. The van der Waals surface area contributed by atoms with Gasteiger partial charge in [-0.25, -0.2) is 0 Å². The summed E-state index contributed by atoms with van der Waals surface area (Å²) in [5.74, 6) is 1.35. The summed E-state index contributed by atoms with van der Waals surface area (Å²) in [6.45, 7) is 8.46. The van der Waals surface area contributed by atoms with Gasteiger partial charge in [-0.05, 0) is 38.9 Å². The molecular formula is C13H22N2O. The van der Waals surface area contributed by atoms with E-state index in [1.165, 1.54) is 0 Å². The summed E-state index contributed by atoms with van der Waals surface area (Å²) in [4.78, 5) is 4.37. The predicted octanol–water partition coefficient (Wildman–Crippen LogP) is 2.79. The van der Waals surface area contributed by atoms with Crippen LogP contribution in [0.3, 0.4) is 0 Å². The largest absolute Gasteiger partial charge is 0.489 e. The summed E-state index contributed by atoms with van der Waals surface area (Å²) in [5, 5.41) is 3.16. The van der Waals surface area contributed by atoms with Gasteiger partial charge in [0.25, 0.3) is 0 Å². The minimum atomic E-state index is 0.217. The Kier molecular flexibility index (Phi) is 4.74. The van der Waals surface area contributed by atoms with Crippen molar-refractivity contribution < 1.29 is 4.74 Å². The molecule has 0 aromatic carbocycles. The highest BCUT2D eigenvalue weighted by Crippen LogP contribution is 2.17. The van der Waals surface area contributed by atoms with E-state index < -0.39 is 0 Å². The topological polar surface area (TPSA) is 34.1 Å². The van der Waals surface area contributed by atoms with Gasteiger partial charge in [0.2, 0.25) is 0 Å². The molecule has 0 aliphatic rings. The molecule has 1 aromatic rings. The zero-order chi connectivity index (χ0) is 12.1. The highest BCUT2D eigenvalue weighted by molar-refractivity contribution is 5.21. The summed E-state index contributed by atoms with van der Waals surface area (Å²) in [6.07, 6.45) is 2.01. The predicted molar refractivity (Wildman–Crippen MR) is 66.6 cm³/mol. The maximum Gasteiger partial charge on any atom is 0.138 e. The molecule has 0 bridgehead atoms. The standard InChI is InChI=1S/C13H22N2O/c1-9(2)11(4)16-12-6-7-13(15-8-12)10(3)14-5/h6-11,14H,1-5H3. The van der Waals surface area contributed by atoms with Gasteiger partial charge in [0.15, 0.2) is 0 Å². The van der Waals surface area contributed by atoms with Crippen molar-refractivity contribution in [2.75, 3.05) is 7.05 Å². The SMILES string of the molecule is CNC(C)c1ccc(OC(C)C(C)C)cn1. The monoisotopic (exact) mass is 222 g/mol. The van der Waals surface area contributed by atoms with Crippen LogP contribution >= 0.6 is 0 Å². The fraction of sp³-hybridized carbons (Fsp3) is 0.615. The minimum Gasteiger partial charge on any atom is -0.489 e. The van der Waals surface area contributed by atoms with E-state index >= 15 is 0 Å². The first kappa shape index (κ1) is 13.0. The van der Waals surface area contributed by atoms with E-state index in [1.54, 1.807) is 6.20 Å². The van der Waals surface area contributed by atoms with Crippen LogP contribution in [0.25, 0.3) is 0 Å². The number of hydrogen-bond acceptors (Lipinski definition) is 3. The summed E-state index contributed by atoms with van der Waals surface area (Å²) in [6, 6.07) is 4.26. The van der Waals surface area contributed by atoms with Gasteiger partial charge in [-0.15, -0.1) is 0 Å². The Hall–Kier alpha value is -1.09. The van der Waals surface area contributed by atoms with Gasteiger partial charge in [0.05, 0.1) is 18.0 Å². The number of hydrogen-bond donors (Lipinski definition) is 1. The number of rotatable bonds is 5. The average Bonchev–Trinajstić information content (AvgIpc) is 2.28. The van der Waals surface area contributed by atoms with E-state index in [0.717, 1.165) is 11.4 Å². The van der Waals surface area contributed by atoms with Crippen molar-refractivity contribution in [1.29, 1.82) is 0 Å². The molecule has 0 amide bonds. The molecule has 2 atom stereocenters. The Labute approximate surface area is 98.2 Å². The number of ether oxygens (including phenoxy) is 1. The lowest BCUT2D eigenvalue weighted by atomic mass is 10.1. The lowest BCUT2D eigenvalue weighted by molar-refractivity contribution is 0.169. The van der Waals surface area contributed by atoms with Gasteiger partial charge >= 0.3 is 0 Å². The first-order valence-electron chi connectivity index (χ1n) is 5.84. The van der Waals surface area contributed by atoms with Crippen molar-refractivity contribution in [3.05, 3.63) is 24.0 Å². The van der Waals surface area contributed by atoms with Crippen LogP contribution in [0.15, 0.2) is 18.3 Å². The van der Waals surface area contributed by atoms with Crippen LogP contribution in [0.2, 0.25) is 0 Å². The molecule has 1 heterocycles. The normalized spacial score (nSPS) is 14.9. The second kappa shape index (κ2) is 5.85. The molecule has 0 saturated heterocycles. The first-order chi connectivity index (χ1) is 7.54. The third-order valence-electron chi connectivity index (χ3n) is 2.90. The maximum absolute atomic E-state index is 5.76. The third kappa shape index (κ3) is 3.49. The van der Waals surface area contributed by atoms with E-state index in [2.05, 4.69) is 38.0 Å². The molecule has 0 aliphatic heterocycles. The molecule has 16 heavy (non-hydrogen) atoms. The zero-order valence-electron chi connectivity index (χ0n) is 10.8. The van der Waals surface area contributed by atoms with Gasteiger partial charge in [-0.3, -0.25) is 4.98 Å². The van der Waals surface area contributed by atoms with E-state index in [-0.39, 0.29) is 12.1 Å². The molecule has 1 aromatic heterocycles. The van der Waals surface area contributed by atoms with Crippen molar-refractivity contribution >= 4 is 0 Å². The Morgan fingerprint density at radius 1 is 1.19 bits per heavy atom. The second-order valence-electron chi connectivity index (χ2n) is 4.50. The molecule has 3 heteroatoms. The molecule has 0 aliphatic carbocycles. The van der Waals surface area contributed by atoms with Gasteiger partial charge in [0.1, 0.15) is 5.75 Å². The smallest absolute Gasteiger partial charge is 0.138 e. The summed E-state index contributed by atoms with van der Waals surface area (Å²) in [5.41, 5.74) is 1.03. The Bertz CT molecular complexity index is 308. The minimum absolute atomic E-state index is 0.217. The van der Waals surface area contributed by atoms with Crippen LogP contribution in [0.5, 0.6) is 5.75 Å². The van der Waals surface area contributed by atoms with E-state index in [0.29, 0.717) is 5.92 Å². The lowest BCUT2D eigenvalue weighted by Gasteiger charge is -2.18. The first-order valence-corrected chi connectivity index (χ1v) is 5.84. The molecule has 3 nitrogen and oxygen atoms in total. The highest BCUT2D eigenvalue weighted by Gasteiger charge is 2.09. The highest BCUT2D eigenvalue weighted by atomic mass is 16.5. The van der Waals surface area contributed by atoms with Crippen LogP contribution in [-0.4, -0.2) is 18.1 Å². The molecule has 0 saturated carbocycles. The number of pyridine rings is 1. The molecule has 90 valence electrons. The van der Waals surface area contributed by atoms with Gasteiger partial charge < -0.3 is 10.1 Å².